The molecule has 2 aliphatic rings. The number of hydrogen-bond acceptors (Lipinski definition) is 16. The van der Waals surface area contributed by atoms with Crippen LogP contribution < -0.4 is 10.2 Å². The molecule has 3 aromatic rings. The monoisotopic (exact) mass is 610 g/mol. The van der Waals surface area contributed by atoms with Gasteiger partial charge in [-0.2, -0.15) is 0 Å². The van der Waals surface area contributed by atoms with Crippen molar-refractivity contribution in [2.45, 2.75) is 61.4 Å². The highest BCUT2D eigenvalue weighted by Gasteiger charge is 2.51. The molecule has 0 bridgehead atoms. The first kappa shape index (κ1) is 30.9. The second kappa shape index (κ2) is 12.2. The highest BCUT2D eigenvalue weighted by Crippen LogP contribution is 2.43. The van der Waals surface area contributed by atoms with Crippen molar-refractivity contribution in [1.82, 2.24) is 0 Å². The van der Waals surface area contributed by atoms with Gasteiger partial charge in [0, 0.05) is 17.7 Å². The summed E-state index contributed by atoms with van der Waals surface area (Å²) < 4.78 is 27.9. The highest BCUT2D eigenvalue weighted by atomic mass is 16.8. The van der Waals surface area contributed by atoms with Crippen LogP contribution in [0.2, 0.25) is 0 Å². The molecule has 2 aromatic carbocycles. The van der Waals surface area contributed by atoms with Crippen LogP contribution in [-0.4, -0.2) is 126 Å². The zero-order valence-electron chi connectivity index (χ0n) is 22.1. The van der Waals surface area contributed by atoms with Gasteiger partial charge in [-0.3, -0.25) is 4.79 Å². The van der Waals surface area contributed by atoms with Crippen LogP contribution in [0.4, 0.5) is 0 Å². The first-order valence-electron chi connectivity index (χ1n) is 13.0. The van der Waals surface area contributed by atoms with E-state index in [1.54, 1.807) is 0 Å². The Labute approximate surface area is 241 Å². The molecule has 0 amide bonds. The van der Waals surface area contributed by atoms with E-state index in [0.717, 1.165) is 12.1 Å². The summed E-state index contributed by atoms with van der Waals surface area (Å²) in [7, 11) is 0. The van der Waals surface area contributed by atoms with Crippen LogP contribution in [0, 0.1) is 0 Å². The fourth-order valence-corrected chi connectivity index (χ4v) is 4.88. The maximum Gasteiger partial charge on any atom is 0.229 e. The lowest BCUT2D eigenvalue weighted by molar-refractivity contribution is -0.358. The van der Waals surface area contributed by atoms with Crippen molar-refractivity contribution in [3.63, 3.8) is 0 Å². The van der Waals surface area contributed by atoms with E-state index in [9.17, 15) is 55.9 Å². The number of phenolic OH excluding ortho intramolecular Hbond substituents is 3. The van der Waals surface area contributed by atoms with E-state index in [1.165, 1.54) is 24.3 Å². The third-order valence-corrected chi connectivity index (χ3v) is 7.29. The van der Waals surface area contributed by atoms with Gasteiger partial charge >= 0.3 is 0 Å². The number of phenols is 3. The fourth-order valence-electron chi connectivity index (χ4n) is 4.88. The molecule has 10 atom stereocenters. The summed E-state index contributed by atoms with van der Waals surface area (Å²) in [5.74, 6) is -2.45. The number of rotatable bonds is 7. The van der Waals surface area contributed by atoms with Crippen molar-refractivity contribution < 1.29 is 74.4 Å². The largest absolute Gasteiger partial charge is 0.508 e. The molecular formula is C27H30O16. The van der Waals surface area contributed by atoms with Gasteiger partial charge in [0.15, 0.2) is 29.3 Å². The summed E-state index contributed by atoms with van der Waals surface area (Å²) in [4.78, 5) is 12.8. The summed E-state index contributed by atoms with van der Waals surface area (Å²) in [5, 5.41) is 101. The van der Waals surface area contributed by atoms with Crippen LogP contribution in [0.15, 0.2) is 45.6 Å². The molecule has 2 fully saturated rings. The zero-order chi connectivity index (χ0) is 31.2. The van der Waals surface area contributed by atoms with Gasteiger partial charge in [-0.05, 0) is 24.3 Å². The number of ether oxygens (including phenoxy) is 4. The van der Waals surface area contributed by atoms with Gasteiger partial charge < -0.3 is 74.4 Å². The maximum atomic E-state index is 12.8. The molecule has 2 aliphatic heterocycles. The normalized spacial score (nSPS) is 33.0. The van der Waals surface area contributed by atoms with E-state index in [1.807, 2.05) is 0 Å². The molecule has 0 aliphatic carbocycles. The summed E-state index contributed by atoms with van der Waals surface area (Å²) in [6, 6.07) is 7.73. The lowest BCUT2D eigenvalue weighted by atomic mass is 9.97. The molecule has 10 unspecified atom stereocenters. The molecule has 10 N–H and O–H groups in total. The Bertz CT molecular complexity index is 1490. The number of fused-ring (bicyclic) bond motifs is 1. The van der Waals surface area contributed by atoms with Crippen molar-refractivity contribution in [2.24, 2.45) is 0 Å². The van der Waals surface area contributed by atoms with Crippen LogP contribution in [0.25, 0.3) is 22.3 Å². The molecule has 0 spiro atoms. The van der Waals surface area contributed by atoms with Crippen molar-refractivity contribution >= 4 is 11.0 Å². The standard InChI is InChI=1S/C27H30O16/c28-7-15-19(33)22(36)24(38)26(41-15)43-25-23(37)20(34)16(8-29)42-27(25)40-14-6-13-17(21(35)18(14)32)11(31)5-12(39-13)9-1-3-10(30)4-2-9/h1-6,15-16,19-20,22-30,32-38H,7-8H2. The van der Waals surface area contributed by atoms with Crippen molar-refractivity contribution in [2.75, 3.05) is 13.2 Å². The molecule has 1 aromatic heterocycles. The summed E-state index contributed by atoms with van der Waals surface area (Å²) in [5.41, 5.74) is -0.610. The molecule has 234 valence electrons. The predicted octanol–water partition coefficient (Wildman–Crippen LogP) is -2.42. The van der Waals surface area contributed by atoms with Crippen molar-refractivity contribution in [3.8, 4) is 34.3 Å². The average Bonchev–Trinajstić information content (AvgIpc) is 2.99. The van der Waals surface area contributed by atoms with Gasteiger partial charge in [0.1, 0.15) is 65.2 Å². The van der Waals surface area contributed by atoms with Crippen molar-refractivity contribution in [3.05, 3.63) is 46.6 Å². The van der Waals surface area contributed by atoms with E-state index in [0.29, 0.717) is 5.56 Å². The minimum atomic E-state index is -1.91. The van der Waals surface area contributed by atoms with E-state index in [2.05, 4.69) is 0 Å². The number of aromatic hydroxyl groups is 3. The molecule has 0 radical (unpaired) electrons. The Kier molecular flexibility index (Phi) is 8.77. The molecular weight excluding hydrogens is 580 g/mol. The van der Waals surface area contributed by atoms with E-state index in [-0.39, 0.29) is 17.1 Å². The van der Waals surface area contributed by atoms with Gasteiger partial charge in [-0.25, -0.2) is 0 Å². The minimum Gasteiger partial charge on any atom is -0.508 e. The van der Waals surface area contributed by atoms with Gasteiger partial charge in [-0.15, -0.1) is 0 Å². The lowest BCUT2D eigenvalue weighted by Gasteiger charge is -2.45. The predicted molar refractivity (Wildman–Crippen MR) is 140 cm³/mol. The number of benzene rings is 2. The Morgan fingerprint density at radius 3 is 1.95 bits per heavy atom. The average molecular weight is 611 g/mol. The Morgan fingerprint density at radius 1 is 0.721 bits per heavy atom. The second-order valence-corrected chi connectivity index (χ2v) is 10.1. The van der Waals surface area contributed by atoms with Crippen LogP contribution in [-0.2, 0) is 14.2 Å². The topological polar surface area (TPSA) is 269 Å². The third-order valence-electron chi connectivity index (χ3n) is 7.29. The van der Waals surface area contributed by atoms with E-state index in [4.69, 9.17) is 23.4 Å². The molecule has 3 heterocycles. The summed E-state index contributed by atoms with van der Waals surface area (Å²) in [6.07, 6.45) is -17.4. The molecule has 43 heavy (non-hydrogen) atoms. The van der Waals surface area contributed by atoms with Gasteiger partial charge in [0.25, 0.3) is 0 Å². The fraction of sp³-hybridized carbons (Fsp3) is 0.444. The molecule has 16 nitrogen and oxygen atoms in total. The van der Waals surface area contributed by atoms with Gasteiger partial charge in [0.2, 0.25) is 12.0 Å². The molecule has 2 saturated heterocycles. The molecule has 5 rings (SSSR count). The molecule has 16 heteroatoms. The van der Waals surface area contributed by atoms with Gasteiger partial charge in [0.05, 0.1) is 13.2 Å². The van der Waals surface area contributed by atoms with E-state index < -0.39 is 103 Å². The SMILES string of the molecule is O=c1cc(-c2ccc(O)cc2)oc2cc(OC3OC(CO)C(O)C(O)C3OC3OC(CO)C(O)C(O)C3O)c(O)c(O)c12. The number of aliphatic hydroxyl groups is 7. The lowest BCUT2D eigenvalue weighted by Crippen LogP contribution is -2.65. The Morgan fingerprint density at radius 2 is 1.33 bits per heavy atom. The summed E-state index contributed by atoms with van der Waals surface area (Å²) in [6.45, 7) is -1.60. The van der Waals surface area contributed by atoms with Crippen LogP contribution in [0.5, 0.6) is 23.0 Å². The van der Waals surface area contributed by atoms with Crippen LogP contribution in [0.1, 0.15) is 0 Å². The Balaban J connectivity index is 1.51. The van der Waals surface area contributed by atoms with Gasteiger partial charge in [-0.1, -0.05) is 0 Å². The van der Waals surface area contributed by atoms with Crippen molar-refractivity contribution in [1.29, 1.82) is 0 Å². The molecule has 0 saturated carbocycles. The van der Waals surface area contributed by atoms with E-state index >= 15 is 0 Å². The highest BCUT2D eigenvalue weighted by molar-refractivity contribution is 5.89. The quantitative estimate of drug-likeness (QED) is 0.125. The van der Waals surface area contributed by atoms with Crippen LogP contribution in [0.3, 0.4) is 0 Å². The second-order valence-electron chi connectivity index (χ2n) is 10.1. The maximum absolute atomic E-state index is 12.8. The minimum absolute atomic E-state index is 0.0326. The third kappa shape index (κ3) is 5.73. The first-order valence-corrected chi connectivity index (χ1v) is 13.0. The Hall–Kier alpha value is -3.55. The smallest absolute Gasteiger partial charge is 0.229 e. The summed E-state index contributed by atoms with van der Waals surface area (Å²) >= 11 is 0. The number of aliphatic hydroxyl groups excluding tert-OH is 7. The first-order chi connectivity index (χ1) is 20.4. The zero-order valence-corrected chi connectivity index (χ0v) is 22.1. The van der Waals surface area contributed by atoms with Crippen LogP contribution >= 0.6 is 0 Å². The number of hydrogen-bond donors (Lipinski definition) is 10.